The molecule has 0 saturated carbocycles. The lowest BCUT2D eigenvalue weighted by molar-refractivity contribution is -0.143. The van der Waals surface area contributed by atoms with Crippen LogP contribution in [0.25, 0.3) is 0 Å². The van der Waals surface area contributed by atoms with Crippen LogP contribution in [0.3, 0.4) is 0 Å². The Labute approximate surface area is 153 Å². The molecule has 4 nitrogen and oxygen atoms in total. The van der Waals surface area contributed by atoms with Crippen molar-refractivity contribution in [2.45, 2.75) is 26.4 Å². The monoisotopic (exact) mass is 358 g/mol. The van der Waals surface area contributed by atoms with E-state index >= 15 is 0 Å². The average molecular weight is 359 g/mol. The molecule has 0 unspecified atom stereocenters. The van der Waals surface area contributed by atoms with Crippen molar-refractivity contribution in [3.05, 3.63) is 70.7 Å². The third kappa shape index (κ3) is 4.83. The fourth-order valence-corrected chi connectivity index (χ4v) is 2.79. The van der Waals surface area contributed by atoms with Gasteiger partial charge in [-0.1, -0.05) is 67.9 Å². The van der Waals surface area contributed by atoms with Crippen LogP contribution in [0.1, 0.15) is 31.0 Å². The highest BCUT2D eigenvalue weighted by atomic mass is 35.5. The van der Waals surface area contributed by atoms with E-state index < -0.39 is 6.04 Å². The Morgan fingerprint density at radius 3 is 2.16 bits per heavy atom. The molecule has 132 valence electrons. The molecule has 0 aliphatic heterocycles. The minimum absolute atomic E-state index is 0.0765. The Bertz CT molecular complexity index is 714. The molecule has 0 fully saturated rings. The van der Waals surface area contributed by atoms with E-state index in [1.54, 1.807) is 24.1 Å². The number of halogens is 1. The number of amides is 2. The maximum atomic E-state index is 12.9. The summed E-state index contributed by atoms with van der Waals surface area (Å²) < 4.78 is 0. The number of carbonyl (C=O) groups is 2. The largest absolute Gasteiger partial charge is 0.357 e. The van der Waals surface area contributed by atoms with Gasteiger partial charge in [-0.2, -0.15) is 0 Å². The van der Waals surface area contributed by atoms with Crippen LogP contribution < -0.4 is 5.32 Å². The van der Waals surface area contributed by atoms with Gasteiger partial charge in [0, 0.05) is 24.5 Å². The molecule has 0 saturated heterocycles. The van der Waals surface area contributed by atoms with E-state index in [0.29, 0.717) is 11.6 Å². The fourth-order valence-electron chi connectivity index (χ4n) is 2.66. The molecule has 1 N–H and O–H groups in total. The summed E-state index contributed by atoms with van der Waals surface area (Å²) in [5, 5.41) is 3.31. The van der Waals surface area contributed by atoms with Gasteiger partial charge in [0.05, 0.1) is 0 Å². The topological polar surface area (TPSA) is 49.4 Å². The number of likely N-dealkylation sites (N-methyl/N-ethyl adjacent to an activating group) is 1. The predicted molar refractivity (Wildman–Crippen MR) is 100 cm³/mol. The van der Waals surface area contributed by atoms with Gasteiger partial charge in [0.2, 0.25) is 11.8 Å². The van der Waals surface area contributed by atoms with Gasteiger partial charge < -0.3 is 10.2 Å². The van der Waals surface area contributed by atoms with E-state index in [1.807, 2.05) is 56.3 Å². The molecule has 2 aromatic rings. The van der Waals surface area contributed by atoms with E-state index in [2.05, 4.69) is 5.32 Å². The van der Waals surface area contributed by atoms with Gasteiger partial charge in [0.25, 0.3) is 0 Å². The second-order valence-corrected chi connectivity index (χ2v) is 6.61. The van der Waals surface area contributed by atoms with Gasteiger partial charge in [-0.05, 0) is 23.3 Å². The fraction of sp³-hybridized carbons (Fsp3) is 0.300. The average Bonchev–Trinajstić information content (AvgIpc) is 2.62. The second-order valence-electron chi connectivity index (χ2n) is 6.17. The molecule has 0 aliphatic carbocycles. The molecule has 0 heterocycles. The Kier molecular flexibility index (Phi) is 6.59. The molecule has 2 amide bonds. The number of nitrogens with one attached hydrogen (secondary N) is 1. The molecule has 25 heavy (non-hydrogen) atoms. The lowest BCUT2D eigenvalue weighted by atomic mass is 10.0. The smallest absolute Gasteiger partial charge is 0.247 e. The SMILES string of the molecule is CNC(=O)[C@@H](c1ccccc1)N(Cc1ccc(Cl)cc1)C(=O)C(C)C. The highest BCUT2D eigenvalue weighted by molar-refractivity contribution is 6.30. The van der Waals surface area contributed by atoms with E-state index in [1.165, 1.54) is 0 Å². The van der Waals surface area contributed by atoms with Crippen molar-refractivity contribution >= 4 is 23.4 Å². The molecule has 5 heteroatoms. The van der Waals surface area contributed by atoms with E-state index in [4.69, 9.17) is 11.6 Å². The van der Waals surface area contributed by atoms with Crippen LogP contribution >= 0.6 is 11.6 Å². The van der Waals surface area contributed by atoms with Crippen LogP contribution in [-0.2, 0) is 16.1 Å². The third-order valence-electron chi connectivity index (χ3n) is 3.96. The summed E-state index contributed by atoms with van der Waals surface area (Å²) in [5.41, 5.74) is 1.70. The number of rotatable bonds is 6. The van der Waals surface area contributed by atoms with Crippen LogP contribution in [-0.4, -0.2) is 23.8 Å². The molecule has 0 bridgehead atoms. The zero-order valence-corrected chi connectivity index (χ0v) is 15.5. The molecule has 2 aromatic carbocycles. The van der Waals surface area contributed by atoms with Gasteiger partial charge in [-0.3, -0.25) is 9.59 Å². The Morgan fingerprint density at radius 1 is 1.04 bits per heavy atom. The molecular weight excluding hydrogens is 336 g/mol. The Hall–Kier alpha value is -2.33. The summed E-state index contributed by atoms with van der Waals surface area (Å²) in [6.45, 7) is 4.01. The molecule has 0 spiro atoms. The quantitative estimate of drug-likeness (QED) is 0.853. The number of hydrogen-bond donors (Lipinski definition) is 1. The number of benzene rings is 2. The van der Waals surface area contributed by atoms with Crippen molar-refractivity contribution in [3.8, 4) is 0 Å². The first kappa shape index (κ1) is 19.0. The van der Waals surface area contributed by atoms with Crippen LogP contribution in [0, 0.1) is 5.92 Å². The first-order valence-electron chi connectivity index (χ1n) is 8.25. The zero-order chi connectivity index (χ0) is 18.4. The van der Waals surface area contributed by atoms with Crippen molar-refractivity contribution in [1.82, 2.24) is 10.2 Å². The van der Waals surface area contributed by atoms with Crippen LogP contribution in [0.4, 0.5) is 0 Å². The van der Waals surface area contributed by atoms with Gasteiger partial charge in [0.1, 0.15) is 6.04 Å². The Morgan fingerprint density at radius 2 is 1.64 bits per heavy atom. The summed E-state index contributed by atoms with van der Waals surface area (Å²) in [4.78, 5) is 27.1. The molecule has 2 rings (SSSR count). The molecule has 0 aliphatic rings. The summed E-state index contributed by atoms with van der Waals surface area (Å²) in [6.07, 6.45) is 0. The van der Waals surface area contributed by atoms with E-state index in [9.17, 15) is 9.59 Å². The summed E-state index contributed by atoms with van der Waals surface area (Å²) >= 11 is 5.95. The Balaban J connectivity index is 2.44. The highest BCUT2D eigenvalue weighted by Gasteiger charge is 2.31. The minimum Gasteiger partial charge on any atom is -0.357 e. The minimum atomic E-state index is -0.684. The van der Waals surface area contributed by atoms with Gasteiger partial charge in [-0.25, -0.2) is 0 Å². The zero-order valence-electron chi connectivity index (χ0n) is 14.7. The van der Waals surface area contributed by atoms with Crippen molar-refractivity contribution in [2.75, 3.05) is 7.05 Å². The number of carbonyl (C=O) groups excluding carboxylic acids is 2. The van der Waals surface area contributed by atoms with Crippen molar-refractivity contribution in [1.29, 1.82) is 0 Å². The standard InChI is InChI=1S/C20H23ClN2O2/c1-14(2)20(25)23(13-15-9-11-17(21)12-10-15)18(19(24)22-3)16-7-5-4-6-8-16/h4-12,14,18H,13H2,1-3H3,(H,22,24)/t18-/m1/s1. The van der Waals surface area contributed by atoms with Gasteiger partial charge >= 0.3 is 0 Å². The summed E-state index contributed by atoms with van der Waals surface area (Å²) in [6, 6.07) is 16.0. The summed E-state index contributed by atoms with van der Waals surface area (Å²) in [7, 11) is 1.58. The van der Waals surface area contributed by atoms with Crippen molar-refractivity contribution in [3.63, 3.8) is 0 Å². The van der Waals surface area contributed by atoms with Gasteiger partial charge in [0.15, 0.2) is 0 Å². The first-order chi connectivity index (χ1) is 11.9. The molecule has 1 atom stereocenters. The molecule has 0 aromatic heterocycles. The van der Waals surface area contributed by atoms with Crippen LogP contribution in [0.5, 0.6) is 0 Å². The van der Waals surface area contributed by atoms with E-state index in [0.717, 1.165) is 11.1 Å². The van der Waals surface area contributed by atoms with Crippen molar-refractivity contribution in [2.24, 2.45) is 5.92 Å². The second kappa shape index (κ2) is 8.67. The molecular formula is C20H23ClN2O2. The maximum absolute atomic E-state index is 12.9. The summed E-state index contributed by atoms with van der Waals surface area (Å²) in [5.74, 6) is -0.510. The van der Waals surface area contributed by atoms with Crippen molar-refractivity contribution < 1.29 is 9.59 Å². The number of hydrogen-bond acceptors (Lipinski definition) is 2. The van der Waals surface area contributed by atoms with Crippen LogP contribution in [0.2, 0.25) is 5.02 Å². The molecule has 0 radical (unpaired) electrons. The van der Waals surface area contributed by atoms with Gasteiger partial charge in [-0.15, -0.1) is 0 Å². The van der Waals surface area contributed by atoms with E-state index in [-0.39, 0.29) is 17.7 Å². The van der Waals surface area contributed by atoms with Crippen LogP contribution in [0.15, 0.2) is 54.6 Å². The highest BCUT2D eigenvalue weighted by Crippen LogP contribution is 2.25. The lowest BCUT2D eigenvalue weighted by Crippen LogP contribution is -2.44. The number of nitrogens with zero attached hydrogens (tertiary/aromatic N) is 1. The maximum Gasteiger partial charge on any atom is 0.247 e. The first-order valence-corrected chi connectivity index (χ1v) is 8.63. The lowest BCUT2D eigenvalue weighted by Gasteiger charge is -2.32. The predicted octanol–water partition coefficient (Wildman–Crippen LogP) is 3.81. The third-order valence-corrected chi connectivity index (χ3v) is 4.22. The normalized spacial score (nSPS) is 11.9.